The average molecular weight is 285 g/mol. The van der Waals surface area contributed by atoms with Crippen LogP contribution in [-0.4, -0.2) is 25.7 Å². The second-order valence-electron chi connectivity index (χ2n) is 4.40. The molecule has 0 spiro atoms. The van der Waals surface area contributed by atoms with E-state index in [1.807, 2.05) is 0 Å². The summed E-state index contributed by atoms with van der Waals surface area (Å²) in [6, 6.07) is 4.50. The predicted molar refractivity (Wildman–Crippen MR) is 75.2 cm³/mol. The van der Waals surface area contributed by atoms with Crippen molar-refractivity contribution in [1.82, 2.24) is 0 Å². The highest BCUT2D eigenvalue weighted by Gasteiger charge is 2.04. The van der Waals surface area contributed by atoms with Crippen LogP contribution in [0, 0.1) is 23.6 Å². The normalized spacial score (nSPS) is 10.2. The van der Waals surface area contributed by atoms with Gasteiger partial charge in [-0.1, -0.05) is 25.7 Å². The summed E-state index contributed by atoms with van der Waals surface area (Å²) in [7, 11) is 0. The molecule has 0 saturated heterocycles. The summed E-state index contributed by atoms with van der Waals surface area (Å²) >= 11 is 5.47. The Morgan fingerprint density at radius 2 is 2.11 bits per heavy atom. The Bertz CT molecular complexity index is 449. The molecule has 0 fully saturated rings. The van der Waals surface area contributed by atoms with Crippen LogP contribution < -0.4 is 4.74 Å². The largest absolute Gasteiger partial charge is 0.488 e. The lowest BCUT2D eigenvalue weighted by Gasteiger charge is -2.09. The van der Waals surface area contributed by atoms with E-state index >= 15 is 0 Å². The molecule has 4 heteroatoms. The van der Waals surface area contributed by atoms with Gasteiger partial charge in [-0.25, -0.2) is 4.39 Å². The standard InChI is InChI=1S/C15H18ClFO2/c1-12(2)11-18-8-9-19-15-10-13(4-3-7-16)5-6-14(15)17/h5-6,10,12H,7-9,11H2,1-2H3. The van der Waals surface area contributed by atoms with Crippen LogP contribution in [0.1, 0.15) is 19.4 Å². The van der Waals surface area contributed by atoms with Crippen LogP contribution in [0.5, 0.6) is 5.75 Å². The van der Waals surface area contributed by atoms with Gasteiger partial charge < -0.3 is 9.47 Å². The zero-order chi connectivity index (χ0) is 14.1. The minimum atomic E-state index is -0.403. The number of hydrogen-bond donors (Lipinski definition) is 0. The van der Waals surface area contributed by atoms with Crippen molar-refractivity contribution in [3.63, 3.8) is 0 Å². The van der Waals surface area contributed by atoms with Gasteiger partial charge in [-0.15, -0.1) is 11.6 Å². The third-order valence-electron chi connectivity index (χ3n) is 2.17. The van der Waals surface area contributed by atoms with E-state index in [4.69, 9.17) is 21.1 Å². The van der Waals surface area contributed by atoms with Gasteiger partial charge in [0.15, 0.2) is 11.6 Å². The van der Waals surface area contributed by atoms with Crippen LogP contribution in [0.4, 0.5) is 4.39 Å². The van der Waals surface area contributed by atoms with E-state index in [1.54, 1.807) is 12.1 Å². The summed E-state index contributed by atoms with van der Waals surface area (Å²) in [5.41, 5.74) is 0.681. The Labute approximate surface area is 118 Å². The Balaban J connectivity index is 2.48. The van der Waals surface area contributed by atoms with Gasteiger partial charge in [0.25, 0.3) is 0 Å². The zero-order valence-corrected chi connectivity index (χ0v) is 12.0. The van der Waals surface area contributed by atoms with Gasteiger partial charge in [-0.2, -0.15) is 0 Å². The van der Waals surface area contributed by atoms with Gasteiger partial charge in [0.05, 0.1) is 12.5 Å². The van der Waals surface area contributed by atoms with E-state index < -0.39 is 5.82 Å². The van der Waals surface area contributed by atoms with Crippen LogP contribution in [0.15, 0.2) is 18.2 Å². The number of alkyl halides is 1. The molecule has 2 nitrogen and oxygen atoms in total. The van der Waals surface area contributed by atoms with Gasteiger partial charge in [-0.05, 0) is 24.1 Å². The summed E-state index contributed by atoms with van der Waals surface area (Å²) < 4.78 is 24.2. The average Bonchev–Trinajstić information content (AvgIpc) is 2.38. The first-order chi connectivity index (χ1) is 9.13. The number of benzene rings is 1. The molecule has 0 aliphatic carbocycles. The monoisotopic (exact) mass is 284 g/mol. The highest BCUT2D eigenvalue weighted by Crippen LogP contribution is 2.18. The molecule has 1 rings (SSSR count). The maximum atomic E-state index is 13.5. The Morgan fingerprint density at radius 3 is 2.79 bits per heavy atom. The Morgan fingerprint density at radius 1 is 1.32 bits per heavy atom. The maximum Gasteiger partial charge on any atom is 0.165 e. The quantitative estimate of drug-likeness (QED) is 0.452. The zero-order valence-electron chi connectivity index (χ0n) is 11.2. The van der Waals surface area contributed by atoms with Crippen molar-refractivity contribution in [2.75, 3.05) is 25.7 Å². The van der Waals surface area contributed by atoms with Crippen molar-refractivity contribution in [2.24, 2.45) is 5.92 Å². The molecule has 0 amide bonds. The second kappa shape index (κ2) is 8.79. The number of ether oxygens (including phenoxy) is 2. The van der Waals surface area contributed by atoms with Crippen molar-refractivity contribution in [1.29, 1.82) is 0 Å². The molecular weight excluding hydrogens is 267 g/mol. The highest BCUT2D eigenvalue weighted by molar-refractivity contribution is 6.19. The van der Waals surface area contributed by atoms with Gasteiger partial charge >= 0.3 is 0 Å². The van der Waals surface area contributed by atoms with Gasteiger partial charge in [0, 0.05) is 12.2 Å². The third-order valence-corrected chi connectivity index (χ3v) is 2.30. The number of hydrogen-bond acceptors (Lipinski definition) is 2. The molecule has 0 saturated carbocycles. The lowest BCUT2D eigenvalue weighted by molar-refractivity contribution is 0.0808. The predicted octanol–water partition coefficient (Wildman–Crippen LogP) is 3.47. The van der Waals surface area contributed by atoms with Gasteiger partial charge in [0.1, 0.15) is 6.61 Å². The second-order valence-corrected chi connectivity index (χ2v) is 4.67. The Kier molecular flexibility index (Phi) is 7.32. The first kappa shape index (κ1) is 15.8. The molecule has 0 aliphatic rings. The smallest absolute Gasteiger partial charge is 0.165 e. The summed E-state index contributed by atoms with van der Waals surface area (Å²) in [6.45, 7) is 5.57. The maximum absolute atomic E-state index is 13.5. The molecule has 1 aromatic rings. The molecule has 0 bridgehead atoms. The van der Waals surface area contributed by atoms with Crippen molar-refractivity contribution >= 4 is 11.6 Å². The lowest BCUT2D eigenvalue weighted by atomic mass is 10.2. The van der Waals surface area contributed by atoms with Gasteiger partial charge in [0.2, 0.25) is 0 Å². The van der Waals surface area contributed by atoms with Crippen LogP contribution in [0.2, 0.25) is 0 Å². The number of halogens is 2. The molecular formula is C15H18ClFO2. The summed E-state index contributed by atoms with van der Waals surface area (Å²) in [6.07, 6.45) is 0. The van der Waals surface area contributed by atoms with Crippen LogP contribution >= 0.6 is 11.6 Å². The first-order valence-corrected chi connectivity index (χ1v) is 6.72. The first-order valence-electron chi connectivity index (χ1n) is 6.18. The molecule has 1 aromatic carbocycles. The topological polar surface area (TPSA) is 18.5 Å². The molecule has 104 valence electrons. The van der Waals surface area contributed by atoms with Crippen molar-refractivity contribution < 1.29 is 13.9 Å². The molecule has 0 aromatic heterocycles. The molecule has 0 unspecified atom stereocenters. The highest BCUT2D eigenvalue weighted by atomic mass is 35.5. The van der Waals surface area contributed by atoms with E-state index in [9.17, 15) is 4.39 Å². The molecule has 0 aliphatic heterocycles. The minimum Gasteiger partial charge on any atom is -0.488 e. The molecule has 19 heavy (non-hydrogen) atoms. The molecule has 0 N–H and O–H groups in total. The van der Waals surface area contributed by atoms with Crippen molar-refractivity contribution in [2.45, 2.75) is 13.8 Å². The van der Waals surface area contributed by atoms with E-state index in [0.717, 1.165) is 0 Å². The van der Waals surface area contributed by atoms with Gasteiger partial charge in [-0.3, -0.25) is 0 Å². The lowest BCUT2D eigenvalue weighted by Crippen LogP contribution is -2.10. The minimum absolute atomic E-state index is 0.189. The molecule has 0 atom stereocenters. The fraction of sp³-hybridized carbons (Fsp3) is 0.467. The fourth-order valence-corrected chi connectivity index (χ4v) is 1.42. The van der Waals surface area contributed by atoms with E-state index in [2.05, 4.69) is 25.7 Å². The number of rotatable bonds is 6. The molecule has 0 radical (unpaired) electrons. The summed E-state index contributed by atoms with van der Waals surface area (Å²) in [5.74, 6) is 6.04. The van der Waals surface area contributed by atoms with Crippen molar-refractivity contribution in [3.8, 4) is 17.6 Å². The van der Waals surface area contributed by atoms with Crippen LogP contribution in [-0.2, 0) is 4.74 Å². The van der Waals surface area contributed by atoms with Crippen molar-refractivity contribution in [3.05, 3.63) is 29.6 Å². The Hall–Kier alpha value is -1.24. The van der Waals surface area contributed by atoms with E-state index in [-0.39, 0.29) is 11.6 Å². The third kappa shape index (κ3) is 6.47. The van der Waals surface area contributed by atoms with Crippen LogP contribution in [0.25, 0.3) is 0 Å². The fourth-order valence-electron chi connectivity index (χ4n) is 1.36. The SMILES string of the molecule is CC(C)COCCOc1cc(C#CCCl)ccc1F. The van der Waals surface area contributed by atoms with Crippen LogP contribution in [0.3, 0.4) is 0 Å². The summed E-state index contributed by atoms with van der Waals surface area (Å²) in [4.78, 5) is 0. The van der Waals surface area contributed by atoms with E-state index in [0.29, 0.717) is 31.3 Å². The molecule has 0 heterocycles. The summed E-state index contributed by atoms with van der Waals surface area (Å²) in [5, 5.41) is 0. The van der Waals surface area contributed by atoms with E-state index in [1.165, 1.54) is 6.07 Å².